The minimum atomic E-state index is -0.626. The first kappa shape index (κ1) is 18.0. The number of aromatic nitrogens is 1. The van der Waals surface area contributed by atoms with Gasteiger partial charge in [-0.3, -0.25) is 9.59 Å². The summed E-state index contributed by atoms with van der Waals surface area (Å²) in [4.78, 5) is 33.9. The van der Waals surface area contributed by atoms with Gasteiger partial charge in [0.2, 0.25) is 11.8 Å². The predicted octanol–water partition coefficient (Wildman–Crippen LogP) is 0.956. The zero-order valence-electron chi connectivity index (χ0n) is 16.0. The van der Waals surface area contributed by atoms with Crippen LogP contribution in [0.15, 0.2) is 30.5 Å². The Morgan fingerprint density at radius 2 is 2.22 bits per heavy atom. The number of carbonyl (C=O) groups excluding carboxylic acids is 2. The average molecular weight is 370 g/mol. The molecule has 1 aromatic rings. The van der Waals surface area contributed by atoms with Crippen LogP contribution in [0.25, 0.3) is 0 Å². The van der Waals surface area contributed by atoms with Crippen molar-refractivity contribution in [3.8, 4) is 0 Å². The van der Waals surface area contributed by atoms with Crippen molar-refractivity contribution in [2.75, 3.05) is 31.6 Å². The topological polar surface area (TPSA) is 74.8 Å². The van der Waals surface area contributed by atoms with Gasteiger partial charge in [-0.25, -0.2) is 4.98 Å². The molecule has 1 aromatic heterocycles. The third-order valence-corrected chi connectivity index (χ3v) is 5.98. The van der Waals surface area contributed by atoms with E-state index in [0.717, 1.165) is 24.5 Å². The molecule has 144 valence electrons. The van der Waals surface area contributed by atoms with Gasteiger partial charge in [-0.15, -0.1) is 0 Å². The van der Waals surface area contributed by atoms with Gasteiger partial charge in [-0.1, -0.05) is 18.2 Å². The first-order chi connectivity index (χ1) is 13.0. The first-order valence-corrected chi connectivity index (χ1v) is 9.59. The molecule has 2 saturated heterocycles. The maximum Gasteiger partial charge on any atom is 0.229 e. The van der Waals surface area contributed by atoms with Crippen LogP contribution in [0.3, 0.4) is 0 Å². The quantitative estimate of drug-likeness (QED) is 0.755. The van der Waals surface area contributed by atoms with Crippen LogP contribution in [0, 0.1) is 11.8 Å². The van der Waals surface area contributed by atoms with Crippen molar-refractivity contribution < 1.29 is 14.3 Å². The largest absolute Gasteiger partial charge is 0.360 e. The van der Waals surface area contributed by atoms with Crippen LogP contribution >= 0.6 is 0 Å². The number of hydrogen-bond acceptors (Lipinski definition) is 5. The van der Waals surface area contributed by atoms with Gasteiger partial charge in [-0.2, -0.15) is 0 Å². The molecule has 1 spiro atoms. The second kappa shape index (κ2) is 6.64. The second-order valence-corrected chi connectivity index (χ2v) is 7.47. The van der Waals surface area contributed by atoms with E-state index in [-0.39, 0.29) is 17.9 Å². The summed E-state index contributed by atoms with van der Waals surface area (Å²) in [5.41, 5.74) is 0.345. The normalized spacial score (nSPS) is 30.7. The number of likely N-dealkylation sites (tertiary alicyclic amines) is 1. The van der Waals surface area contributed by atoms with Crippen LogP contribution in [0.2, 0.25) is 0 Å². The van der Waals surface area contributed by atoms with Gasteiger partial charge in [-0.05, 0) is 19.9 Å². The van der Waals surface area contributed by atoms with E-state index in [1.807, 2.05) is 24.3 Å². The highest BCUT2D eigenvalue weighted by Gasteiger charge is 2.66. The molecule has 0 aromatic carbocycles. The number of likely N-dealkylation sites (N-methyl/N-ethyl adjacent to an activating group) is 1. The van der Waals surface area contributed by atoms with Crippen molar-refractivity contribution in [3.05, 3.63) is 36.0 Å². The zero-order chi connectivity index (χ0) is 19.2. The summed E-state index contributed by atoms with van der Waals surface area (Å²) >= 11 is 0. The number of nitrogens with one attached hydrogen (secondary N) is 1. The second-order valence-electron chi connectivity index (χ2n) is 7.47. The Morgan fingerprint density at radius 1 is 1.44 bits per heavy atom. The highest BCUT2D eigenvalue weighted by Crippen LogP contribution is 2.51. The Labute approximate surface area is 159 Å². The standard InChI is InChI=1S/C20H26N4O3/c1-4-24(5-2)17-13(7-6-10-21-17)11-22-18(25)15-14-8-9-20(27-14)12-23(3)19(26)16(15)20/h6-10,14-16H,4-5,11-12H2,1-3H3,(H,22,25)/t14-,15-,16+,20-/m1/s1. The number of rotatable bonds is 6. The van der Waals surface area contributed by atoms with Gasteiger partial charge >= 0.3 is 0 Å². The molecule has 0 unspecified atom stereocenters. The van der Waals surface area contributed by atoms with Crippen LogP contribution in [0.4, 0.5) is 5.82 Å². The molecule has 0 radical (unpaired) electrons. The maximum absolute atomic E-state index is 13.0. The molecule has 2 bridgehead atoms. The molecular formula is C20H26N4O3. The van der Waals surface area contributed by atoms with Crippen LogP contribution < -0.4 is 10.2 Å². The van der Waals surface area contributed by atoms with Crippen LogP contribution in [0.1, 0.15) is 19.4 Å². The van der Waals surface area contributed by atoms with E-state index in [0.29, 0.717) is 13.1 Å². The summed E-state index contributed by atoms with van der Waals surface area (Å²) in [7, 11) is 1.76. The molecule has 4 atom stereocenters. The summed E-state index contributed by atoms with van der Waals surface area (Å²) in [5.74, 6) is -0.142. The third kappa shape index (κ3) is 2.72. The lowest BCUT2D eigenvalue weighted by atomic mass is 9.77. The Hall–Kier alpha value is -2.41. The molecule has 2 fully saturated rings. The molecular weight excluding hydrogens is 344 g/mol. The Morgan fingerprint density at radius 3 is 2.96 bits per heavy atom. The molecule has 7 nitrogen and oxygen atoms in total. The van der Waals surface area contributed by atoms with E-state index in [9.17, 15) is 9.59 Å². The van der Waals surface area contributed by atoms with Crippen molar-refractivity contribution >= 4 is 17.6 Å². The molecule has 3 aliphatic heterocycles. The molecule has 0 saturated carbocycles. The highest BCUT2D eigenvalue weighted by molar-refractivity contribution is 5.92. The molecule has 27 heavy (non-hydrogen) atoms. The Balaban J connectivity index is 1.50. The van der Waals surface area contributed by atoms with Crippen molar-refractivity contribution in [1.82, 2.24) is 15.2 Å². The van der Waals surface area contributed by atoms with Crippen LogP contribution in [0.5, 0.6) is 0 Å². The van der Waals surface area contributed by atoms with Crippen molar-refractivity contribution in [1.29, 1.82) is 0 Å². The summed E-state index contributed by atoms with van der Waals surface area (Å²) in [6.07, 6.45) is 5.35. The number of amides is 2. The summed E-state index contributed by atoms with van der Waals surface area (Å²) in [5, 5.41) is 3.02. The van der Waals surface area contributed by atoms with Gasteiger partial charge < -0.3 is 19.9 Å². The van der Waals surface area contributed by atoms with Crippen molar-refractivity contribution in [3.63, 3.8) is 0 Å². The number of nitrogens with zero attached hydrogens (tertiary/aromatic N) is 3. The van der Waals surface area contributed by atoms with Crippen molar-refractivity contribution in [2.45, 2.75) is 32.1 Å². The molecule has 4 rings (SSSR count). The summed E-state index contributed by atoms with van der Waals surface area (Å²) < 4.78 is 6.05. The van der Waals surface area contributed by atoms with Gasteiger partial charge in [0.1, 0.15) is 11.4 Å². The SMILES string of the molecule is CCN(CC)c1ncccc1CNC(=O)[C@H]1[C@H]2C(=O)N(C)C[C@]23C=C[C@H]1O3. The van der Waals surface area contributed by atoms with Gasteiger partial charge in [0.25, 0.3) is 0 Å². The lowest BCUT2D eigenvalue weighted by Gasteiger charge is -2.25. The van der Waals surface area contributed by atoms with Gasteiger partial charge in [0.15, 0.2) is 0 Å². The molecule has 3 aliphatic rings. The number of pyridine rings is 1. The van der Waals surface area contributed by atoms with E-state index in [2.05, 4.69) is 29.0 Å². The molecule has 7 heteroatoms. The van der Waals surface area contributed by atoms with Crippen molar-refractivity contribution in [2.24, 2.45) is 11.8 Å². The number of carbonyl (C=O) groups is 2. The molecule has 2 amide bonds. The van der Waals surface area contributed by atoms with E-state index in [1.54, 1.807) is 18.1 Å². The fourth-order valence-electron chi connectivity index (χ4n) is 4.67. The Kier molecular flexibility index (Phi) is 4.42. The average Bonchev–Trinajstić information content (AvgIpc) is 3.30. The molecule has 4 heterocycles. The minimum absolute atomic E-state index is 0.00721. The van der Waals surface area contributed by atoms with Crippen LogP contribution in [-0.2, 0) is 20.9 Å². The summed E-state index contributed by atoms with van der Waals surface area (Å²) in [6, 6.07) is 3.86. The highest BCUT2D eigenvalue weighted by atomic mass is 16.5. The number of anilines is 1. The lowest BCUT2D eigenvalue weighted by molar-refractivity contribution is -0.136. The third-order valence-electron chi connectivity index (χ3n) is 5.98. The van der Waals surface area contributed by atoms with E-state index >= 15 is 0 Å². The van der Waals surface area contributed by atoms with Crippen LogP contribution in [-0.4, -0.2) is 60.1 Å². The lowest BCUT2D eigenvalue weighted by Crippen LogP contribution is -2.43. The smallest absolute Gasteiger partial charge is 0.229 e. The zero-order valence-corrected chi connectivity index (χ0v) is 16.0. The first-order valence-electron chi connectivity index (χ1n) is 9.59. The predicted molar refractivity (Wildman–Crippen MR) is 101 cm³/mol. The minimum Gasteiger partial charge on any atom is -0.360 e. The van der Waals surface area contributed by atoms with Gasteiger partial charge in [0, 0.05) is 38.4 Å². The molecule has 0 aliphatic carbocycles. The van der Waals surface area contributed by atoms with E-state index < -0.39 is 17.4 Å². The fraction of sp³-hybridized carbons (Fsp3) is 0.550. The number of ether oxygens (including phenoxy) is 1. The fourth-order valence-corrected chi connectivity index (χ4v) is 4.67. The maximum atomic E-state index is 13.0. The Bertz CT molecular complexity index is 791. The number of hydrogen-bond donors (Lipinski definition) is 1. The summed E-state index contributed by atoms with van der Waals surface area (Å²) in [6.45, 7) is 6.77. The van der Waals surface area contributed by atoms with E-state index in [4.69, 9.17) is 4.74 Å². The number of fused-ring (bicyclic) bond motifs is 1. The van der Waals surface area contributed by atoms with Gasteiger partial charge in [0.05, 0.1) is 24.5 Å². The molecule has 1 N–H and O–H groups in total. The monoisotopic (exact) mass is 370 g/mol. The van der Waals surface area contributed by atoms with E-state index in [1.165, 1.54) is 0 Å².